The lowest BCUT2D eigenvalue weighted by molar-refractivity contribution is -0.143. The van der Waals surface area contributed by atoms with Gasteiger partial charge in [0.05, 0.1) is 17.5 Å². The molecule has 1 aromatic rings. The number of benzene rings is 1. The molecule has 0 saturated carbocycles. The lowest BCUT2D eigenvalue weighted by Gasteiger charge is -2.12. The Balaban J connectivity index is 2.76. The molecule has 0 bridgehead atoms. The van der Waals surface area contributed by atoms with Crippen LogP contribution in [0.5, 0.6) is 0 Å². The van der Waals surface area contributed by atoms with Crippen LogP contribution in [0.25, 0.3) is 0 Å². The molecule has 5 heteroatoms. The summed E-state index contributed by atoms with van der Waals surface area (Å²) in [5.41, 5.74) is 6.04. The zero-order valence-electron chi connectivity index (χ0n) is 8.87. The van der Waals surface area contributed by atoms with Gasteiger partial charge < -0.3 is 10.5 Å². The second-order valence-corrected chi connectivity index (χ2v) is 4.11. The molecule has 0 aliphatic heterocycles. The van der Waals surface area contributed by atoms with E-state index in [0.29, 0.717) is 16.6 Å². The minimum Gasteiger partial charge on any atom is -0.466 e. The first kappa shape index (κ1) is 13.1. The Hall–Kier alpha value is -0.940. The van der Waals surface area contributed by atoms with Crippen molar-refractivity contribution < 1.29 is 13.9 Å². The fraction of sp³-hybridized carbons (Fsp3) is 0.364. The first-order chi connectivity index (χ1) is 7.56. The van der Waals surface area contributed by atoms with Gasteiger partial charge in [-0.1, -0.05) is 12.1 Å². The van der Waals surface area contributed by atoms with Crippen molar-refractivity contribution in [3.63, 3.8) is 0 Å². The van der Waals surface area contributed by atoms with Crippen LogP contribution < -0.4 is 5.73 Å². The van der Waals surface area contributed by atoms with Crippen molar-refractivity contribution in [1.29, 1.82) is 0 Å². The molecule has 0 spiro atoms. The van der Waals surface area contributed by atoms with Crippen LogP contribution >= 0.6 is 15.9 Å². The number of rotatable bonds is 4. The Kier molecular flexibility index (Phi) is 4.89. The fourth-order valence-corrected chi connectivity index (χ4v) is 1.70. The normalized spacial score (nSPS) is 12.2. The number of hydrogen-bond donors (Lipinski definition) is 1. The van der Waals surface area contributed by atoms with Crippen LogP contribution in [0.3, 0.4) is 0 Å². The first-order valence-corrected chi connectivity index (χ1v) is 5.70. The summed E-state index contributed by atoms with van der Waals surface area (Å²) in [6.45, 7) is 2.01. The van der Waals surface area contributed by atoms with E-state index in [9.17, 15) is 9.18 Å². The lowest BCUT2D eigenvalue weighted by Crippen LogP contribution is -2.18. The molecule has 0 aliphatic carbocycles. The molecule has 0 aliphatic rings. The van der Waals surface area contributed by atoms with E-state index < -0.39 is 17.8 Å². The van der Waals surface area contributed by atoms with E-state index in [1.54, 1.807) is 25.1 Å². The summed E-state index contributed by atoms with van der Waals surface area (Å²) in [4.78, 5) is 11.2. The first-order valence-electron chi connectivity index (χ1n) is 4.91. The standard InChI is InChI=1S/C11H13BrFNO2/c1-2-16-10(15)6-9(14)7-4-3-5-8(12)11(7)13/h3-5,9H,2,6,14H2,1H3/t9-/m0/s1. The topological polar surface area (TPSA) is 52.3 Å². The summed E-state index contributed by atoms with van der Waals surface area (Å²) in [7, 11) is 0. The van der Waals surface area contributed by atoms with Crippen molar-refractivity contribution in [3.8, 4) is 0 Å². The Morgan fingerprint density at radius 3 is 2.94 bits per heavy atom. The number of nitrogens with two attached hydrogens (primary N) is 1. The largest absolute Gasteiger partial charge is 0.466 e. The van der Waals surface area contributed by atoms with Crippen LogP contribution in [0.1, 0.15) is 24.9 Å². The Morgan fingerprint density at radius 2 is 2.31 bits per heavy atom. The molecule has 1 rings (SSSR count). The van der Waals surface area contributed by atoms with Gasteiger partial charge in [0.25, 0.3) is 0 Å². The SMILES string of the molecule is CCOC(=O)C[C@H](N)c1cccc(Br)c1F. The maximum atomic E-state index is 13.6. The predicted octanol–water partition coefficient (Wildman–Crippen LogP) is 2.54. The van der Waals surface area contributed by atoms with E-state index in [1.165, 1.54) is 0 Å². The van der Waals surface area contributed by atoms with Gasteiger partial charge in [0.1, 0.15) is 5.82 Å². The second-order valence-electron chi connectivity index (χ2n) is 3.26. The molecule has 1 atom stereocenters. The molecule has 2 N–H and O–H groups in total. The van der Waals surface area contributed by atoms with Crippen LogP contribution in [-0.2, 0) is 9.53 Å². The lowest BCUT2D eigenvalue weighted by atomic mass is 10.0. The molecule has 0 saturated heterocycles. The summed E-state index contributed by atoms with van der Waals surface area (Å²) >= 11 is 3.06. The van der Waals surface area contributed by atoms with Gasteiger partial charge in [-0.3, -0.25) is 4.79 Å². The van der Waals surface area contributed by atoms with E-state index in [-0.39, 0.29) is 6.42 Å². The maximum absolute atomic E-state index is 13.6. The molecule has 16 heavy (non-hydrogen) atoms. The predicted molar refractivity (Wildman–Crippen MR) is 62.3 cm³/mol. The third-order valence-corrected chi connectivity index (χ3v) is 2.69. The van der Waals surface area contributed by atoms with Crippen molar-refractivity contribution in [1.82, 2.24) is 0 Å². The molecule has 88 valence electrons. The molecule has 0 radical (unpaired) electrons. The molecule has 1 aromatic carbocycles. The van der Waals surface area contributed by atoms with Crippen LogP contribution in [-0.4, -0.2) is 12.6 Å². The van der Waals surface area contributed by atoms with Gasteiger partial charge >= 0.3 is 5.97 Å². The van der Waals surface area contributed by atoms with Gasteiger partial charge in [-0.05, 0) is 28.9 Å². The highest BCUT2D eigenvalue weighted by Gasteiger charge is 2.17. The van der Waals surface area contributed by atoms with Crippen LogP contribution in [0.15, 0.2) is 22.7 Å². The third-order valence-electron chi connectivity index (χ3n) is 2.07. The molecule has 0 aromatic heterocycles. The Bertz CT molecular complexity index is 384. The van der Waals surface area contributed by atoms with Crippen LogP contribution in [0.2, 0.25) is 0 Å². The summed E-state index contributed by atoms with van der Waals surface area (Å²) in [5.74, 6) is -0.853. The third kappa shape index (κ3) is 3.28. The quantitative estimate of drug-likeness (QED) is 0.867. The minimum atomic E-state index is -0.684. The van der Waals surface area contributed by atoms with E-state index in [2.05, 4.69) is 15.9 Å². The van der Waals surface area contributed by atoms with E-state index in [4.69, 9.17) is 10.5 Å². The number of esters is 1. The number of carbonyl (C=O) groups excluding carboxylic acids is 1. The second kappa shape index (κ2) is 5.96. The summed E-state index contributed by atoms with van der Waals surface area (Å²) < 4.78 is 18.7. The molecule has 0 amide bonds. The smallest absolute Gasteiger partial charge is 0.307 e. The zero-order chi connectivity index (χ0) is 12.1. The van der Waals surface area contributed by atoms with Crippen molar-refractivity contribution in [2.24, 2.45) is 5.73 Å². The Labute approximate surface area is 102 Å². The van der Waals surface area contributed by atoms with Crippen LogP contribution in [0, 0.1) is 5.82 Å². The van der Waals surface area contributed by atoms with Crippen molar-refractivity contribution in [2.75, 3.05) is 6.61 Å². The van der Waals surface area contributed by atoms with Crippen molar-refractivity contribution in [3.05, 3.63) is 34.1 Å². The van der Waals surface area contributed by atoms with Crippen molar-refractivity contribution >= 4 is 21.9 Å². The van der Waals surface area contributed by atoms with Gasteiger partial charge in [-0.2, -0.15) is 0 Å². The van der Waals surface area contributed by atoms with Crippen LogP contribution in [0.4, 0.5) is 4.39 Å². The minimum absolute atomic E-state index is 0.0266. The van der Waals surface area contributed by atoms with Gasteiger partial charge in [-0.15, -0.1) is 0 Å². The molecule has 0 unspecified atom stereocenters. The zero-order valence-corrected chi connectivity index (χ0v) is 10.5. The maximum Gasteiger partial charge on any atom is 0.307 e. The molecular weight excluding hydrogens is 277 g/mol. The van der Waals surface area contributed by atoms with E-state index in [1.807, 2.05) is 0 Å². The average molecular weight is 290 g/mol. The summed E-state index contributed by atoms with van der Waals surface area (Å²) in [6, 6.07) is 4.13. The summed E-state index contributed by atoms with van der Waals surface area (Å²) in [5, 5.41) is 0. The molecule has 0 fully saturated rings. The molecular formula is C11H13BrFNO2. The average Bonchev–Trinajstić information content (AvgIpc) is 2.22. The fourth-order valence-electron chi connectivity index (χ4n) is 1.32. The van der Waals surface area contributed by atoms with Gasteiger partial charge in [0, 0.05) is 11.6 Å². The summed E-state index contributed by atoms with van der Waals surface area (Å²) in [6.07, 6.45) is -0.0266. The highest BCUT2D eigenvalue weighted by molar-refractivity contribution is 9.10. The monoisotopic (exact) mass is 289 g/mol. The van der Waals surface area contributed by atoms with E-state index >= 15 is 0 Å². The molecule has 3 nitrogen and oxygen atoms in total. The Morgan fingerprint density at radius 1 is 1.62 bits per heavy atom. The highest BCUT2D eigenvalue weighted by Crippen LogP contribution is 2.24. The number of hydrogen-bond acceptors (Lipinski definition) is 3. The number of halogens is 2. The van der Waals surface area contributed by atoms with Gasteiger partial charge in [-0.25, -0.2) is 4.39 Å². The number of ether oxygens (including phenoxy) is 1. The van der Waals surface area contributed by atoms with E-state index in [0.717, 1.165) is 0 Å². The highest BCUT2D eigenvalue weighted by atomic mass is 79.9. The molecule has 0 heterocycles. The van der Waals surface area contributed by atoms with Gasteiger partial charge in [0.2, 0.25) is 0 Å². The van der Waals surface area contributed by atoms with Crippen molar-refractivity contribution in [2.45, 2.75) is 19.4 Å². The van der Waals surface area contributed by atoms with Gasteiger partial charge in [0.15, 0.2) is 0 Å². The number of carbonyl (C=O) groups is 1.